The lowest BCUT2D eigenvalue weighted by Gasteiger charge is -2.31. The van der Waals surface area contributed by atoms with E-state index in [2.05, 4.69) is 15.9 Å². The zero-order valence-electron chi connectivity index (χ0n) is 11.8. The van der Waals surface area contributed by atoms with Gasteiger partial charge in [0, 0.05) is 23.5 Å². The first-order chi connectivity index (χ1) is 10.1. The smallest absolute Gasteiger partial charge is 0.314 e. The summed E-state index contributed by atoms with van der Waals surface area (Å²) in [6.45, 7) is 1.35. The molecule has 1 saturated carbocycles. The quantitative estimate of drug-likeness (QED) is 0.621. The molecule has 5 heteroatoms. The van der Waals surface area contributed by atoms with Crippen molar-refractivity contribution in [2.24, 2.45) is 11.8 Å². The Hall–Kier alpha value is -1.36. The normalized spacial score (nSPS) is 19.4. The predicted octanol–water partition coefficient (Wildman–Crippen LogP) is 3.00. The fourth-order valence-electron chi connectivity index (χ4n) is 2.63. The maximum atomic E-state index is 12.1. The molecular weight excluding hydrogens is 334 g/mol. The van der Waals surface area contributed by atoms with E-state index in [1.54, 1.807) is 12.1 Å². The van der Waals surface area contributed by atoms with E-state index in [0.717, 1.165) is 17.3 Å². The highest BCUT2D eigenvalue weighted by atomic mass is 79.9. The van der Waals surface area contributed by atoms with Crippen molar-refractivity contribution in [1.29, 1.82) is 0 Å². The monoisotopic (exact) mass is 351 g/mol. The molecule has 2 fully saturated rings. The van der Waals surface area contributed by atoms with Crippen molar-refractivity contribution in [2.75, 3.05) is 13.1 Å². The summed E-state index contributed by atoms with van der Waals surface area (Å²) in [6.07, 6.45) is 3.47. The molecule has 112 valence electrons. The molecule has 0 N–H and O–H groups in total. The summed E-state index contributed by atoms with van der Waals surface area (Å²) in [5.74, 6) is 0.818. The largest absolute Gasteiger partial charge is 0.426 e. The lowest BCUT2D eigenvalue weighted by Crippen LogP contribution is -2.41. The number of carbonyl (C=O) groups is 2. The Balaban J connectivity index is 1.50. The second-order valence-electron chi connectivity index (χ2n) is 5.75. The van der Waals surface area contributed by atoms with Crippen molar-refractivity contribution in [3.63, 3.8) is 0 Å². The zero-order valence-corrected chi connectivity index (χ0v) is 13.3. The average Bonchev–Trinajstić information content (AvgIpc) is 3.34. The van der Waals surface area contributed by atoms with E-state index in [1.807, 2.05) is 17.0 Å². The Morgan fingerprint density at radius 1 is 1.00 bits per heavy atom. The van der Waals surface area contributed by atoms with E-state index in [4.69, 9.17) is 4.74 Å². The van der Waals surface area contributed by atoms with Crippen molar-refractivity contribution in [1.82, 2.24) is 4.90 Å². The van der Waals surface area contributed by atoms with Crippen LogP contribution in [0.2, 0.25) is 0 Å². The molecule has 2 aliphatic rings. The second kappa shape index (κ2) is 6.18. The molecule has 1 aromatic rings. The number of piperidine rings is 1. The summed E-state index contributed by atoms with van der Waals surface area (Å²) in [6, 6.07) is 7.24. The molecule has 0 spiro atoms. The molecule has 1 aliphatic carbocycles. The third-order valence-electron chi connectivity index (χ3n) is 4.10. The van der Waals surface area contributed by atoms with Gasteiger partial charge in [-0.05, 0) is 49.9 Å². The minimum absolute atomic E-state index is 0.100. The molecule has 0 bridgehead atoms. The van der Waals surface area contributed by atoms with Gasteiger partial charge in [0.1, 0.15) is 5.75 Å². The van der Waals surface area contributed by atoms with Gasteiger partial charge in [0.05, 0.1) is 5.92 Å². The van der Waals surface area contributed by atoms with Crippen LogP contribution in [0.15, 0.2) is 28.7 Å². The molecule has 0 unspecified atom stereocenters. The number of benzene rings is 1. The van der Waals surface area contributed by atoms with E-state index in [9.17, 15) is 9.59 Å². The highest BCUT2D eigenvalue weighted by Gasteiger charge is 2.36. The van der Waals surface area contributed by atoms with Gasteiger partial charge >= 0.3 is 5.97 Å². The van der Waals surface area contributed by atoms with Crippen molar-refractivity contribution in [3.8, 4) is 5.75 Å². The van der Waals surface area contributed by atoms with Gasteiger partial charge in [-0.1, -0.05) is 15.9 Å². The first-order valence-corrected chi connectivity index (χ1v) is 8.19. The van der Waals surface area contributed by atoms with Crippen LogP contribution < -0.4 is 4.74 Å². The van der Waals surface area contributed by atoms with Crippen LogP contribution in [0, 0.1) is 11.8 Å². The van der Waals surface area contributed by atoms with Gasteiger partial charge in [0.25, 0.3) is 0 Å². The van der Waals surface area contributed by atoms with Crippen molar-refractivity contribution in [3.05, 3.63) is 28.7 Å². The van der Waals surface area contributed by atoms with Crippen molar-refractivity contribution >= 4 is 27.8 Å². The topological polar surface area (TPSA) is 46.6 Å². The molecule has 4 nitrogen and oxygen atoms in total. The number of hydrogen-bond acceptors (Lipinski definition) is 3. The van der Waals surface area contributed by atoms with Gasteiger partial charge in [-0.3, -0.25) is 9.59 Å². The maximum Gasteiger partial charge on any atom is 0.314 e. The minimum atomic E-state index is -0.184. The first-order valence-electron chi connectivity index (χ1n) is 7.39. The van der Waals surface area contributed by atoms with Crippen molar-refractivity contribution < 1.29 is 14.3 Å². The Morgan fingerprint density at radius 3 is 2.19 bits per heavy atom. The third kappa shape index (κ3) is 3.64. The second-order valence-corrected chi connectivity index (χ2v) is 6.66. The number of carbonyl (C=O) groups excluding carboxylic acids is 2. The van der Waals surface area contributed by atoms with Crippen LogP contribution in [0.1, 0.15) is 25.7 Å². The molecule has 1 amide bonds. The Morgan fingerprint density at radius 2 is 1.62 bits per heavy atom. The summed E-state index contributed by atoms with van der Waals surface area (Å²) in [4.78, 5) is 26.0. The molecule has 1 aliphatic heterocycles. The number of nitrogens with zero attached hydrogens (tertiary/aromatic N) is 1. The lowest BCUT2D eigenvalue weighted by molar-refractivity contribution is -0.143. The molecule has 0 atom stereocenters. The molecule has 21 heavy (non-hydrogen) atoms. The summed E-state index contributed by atoms with van der Waals surface area (Å²) >= 11 is 3.35. The number of hydrogen-bond donors (Lipinski definition) is 0. The van der Waals surface area contributed by atoms with Gasteiger partial charge in [0.2, 0.25) is 5.91 Å². The maximum absolute atomic E-state index is 12.1. The van der Waals surface area contributed by atoms with Gasteiger partial charge in [-0.15, -0.1) is 0 Å². The molecule has 1 heterocycles. The van der Waals surface area contributed by atoms with Crippen molar-refractivity contribution in [2.45, 2.75) is 25.7 Å². The number of halogens is 1. The van der Waals surface area contributed by atoms with Crippen LogP contribution in [-0.2, 0) is 9.59 Å². The van der Waals surface area contributed by atoms with Gasteiger partial charge < -0.3 is 9.64 Å². The lowest BCUT2D eigenvalue weighted by atomic mass is 9.96. The molecular formula is C16H18BrNO3. The van der Waals surface area contributed by atoms with Crippen LogP contribution in [-0.4, -0.2) is 29.9 Å². The van der Waals surface area contributed by atoms with Crippen LogP contribution in [0.5, 0.6) is 5.75 Å². The fourth-order valence-corrected chi connectivity index (χ4v) is 2.89. The van der Waals surface area contributed by atoms with Gasteiger partial charge in [0.15, 0.2) is 0 Å². The summed E-state index contributed by atoms with van der Waals surface area (Å²) in [7, 11) is 0. The highest BCUT2D eigenvalue weighted by molar-refractivity contribution is 9.10. The average molecular weight is 352 g/mol. The summed E-state index contributed by atoms with van der Waals surface area (Å²) < 4.78 is 6.35. The predicted molar refractivity (Wildman–Crippen MR) is 81.8 cm³/mol. The highest BCUT2D eigenvalue weighted by Crippen LogP contribution is 2.32. The summed E-state index contributed by atoms with van der Waals surface area (Å²) in [5.41, 5.74) is 0. The Bertz CT molecular complexity index is 531. The standard InChI is InChI=1S/C16H18BrNO3/c17-13-3-5-14(6-4-13)21-16(20)12-7-9-18(10-8-12)15(19)11-1-2-11/h3-6,11-12H,1-2,7-10H2. The minimum Gasteiger partial charge on any atom is -0.426 e. The fraction of sp³-hybridized carbons (Fsp3) is 0.500. The third-order valence-corrected chi connectivity index (χ3v) is 4.63. The van der Waals surface area contributed by atoms with Crippen LogP contribution >= 0.6 is 15.9 Å². The molecule has 1 aromatic carbocycles. The Kier molecular flexibility index (Phi) is 4.29. The number of ether oxygens (including phenoxy) is 1. The summed E-state index contributed by atoms with van der Waals surface area (Å²) in [5, 5.41) is 0. The number of amides is 1. The van der Waals surface area contributed by atoms with E-state index in [0.29, 0.717) is 31.7 Å². The molecule has 1 saturated heterocycles. The first kappa shape index (κ1) is 14.6. The van der Waals surface area contributed by atoms with Crippen LogP contribution in [0.25, 0.3) is 0 Å². The van der Waals surface area contributed by atoms with E-state index in [-0.39, 0.29) is 23.7 Å². The van der Waals surface area contributed by atoms with E-state index < -0.39 is 0 Å². The Labute approximate surface area is 132 Å². The van der Waals surface area contributed by atoms with Crippen LogP contribution in [0.4, 0.5) is 0 Å². The number of rotatable bonds is 3. The van der Waals surface area contributed by atoms with Crippen LogP contribution in [0.3, 0.4) is 0 Å². The van der Waals surface area contributed by atoms with E-state index in [1.165, 1.54) is 0 Å². The molecule has 0 aromatic heterocycles. The van der Waals surface area contributed by atoms with E-state index >= 15 is 0 Å². The SMILES string of the molecule is O=C(Oc1ccc(Br)cc1)C1CCN(C(=O)C2CC2)CC1. The number of esters is 1. The van der Waals surface area contributed by atoms with Gasteiger partial charge in [-0.25, -0.2) is 0 Å². The molecule has 0 radical (unpaired) electrons. The zero-order chi connectivity index (χ0) is 14.8. The molecule has 3 rings (SSSR count). The van der Waals surface area contributed by atoms with Gasteiger partial charge in [-0.2, -0.15) is 0 Å². The number of likely N-dealkylation sites (tertiary alicyclic amines) is 1.